The van der Waals surface area contributed by atoms with Crippen molar-refractivity contribution in [2.24, 2.45) is 0 Å². The van der Waals surface area contributed by atoms with Crippen LogP contribution >= 0.6 is 23.4 Å². The van der Waals surface area contributed by atoms with Gasteiger partial charge >= 0.3 is 0 Å². The van der Waals surface area contributed by atoms with Crippen LogP contribution in [0.4, 0.5) is 17.3 Å². The molecule has 0 radical (unpaired) electrons. The number of benzene rings is 1. The largest absolute Gasteiger partial charge is 0.370 e. The van der Waals surface area contributed by atoms with E-state index in [0.717, 1.165) is 41.0 Å². The van der Waals surface area contributed by atoms with E-state index in [0.29, 0.717) is 5.02 Å². The number of anilines is 3. The first-order chi connectivity index (χ1) is 10.1. The minimum absolute atomic E-state index is 0.674. The Labute approximate surface area is 134 Å². The highest BCUT2D eigenvalue weighted by Crippen LogP contribution is 2.27. The lowest BCUT2D eigenvalue weighted by atomic mass is 10.2. The van der Waals surface area contributed by atoms with Gasteiger partial charge in [0.2, 0.25) is 0 Å². The molecule has 1 heterocycles. The zero-order valence-electron chi connectivity index (χ0n) is 12.4. The molecule has 2 N–H and O–H groups in total. The smallest absolute Gasteiger partial charge is 0.191 e. The highest BCUT2D eigenvalue weighted by Gasteiger charge is 2.06. The summed E-state index contributed by atoms with van der Waals surface area (Å²) < 4.78 is 0. The average Bonchev–Trinajstić information content (AvgIpc) is 2.48. The first-order valence-electron chi connectivity index (χ1n) is 6.82. The molecule has 6 heteroatoms. The first-order valence-corrected chi connectivity index (χ1v) is 8.42. The summed E-state index contributed by atoms with van der Waals surface area (Å²) in [6.45, 7) is 5.04. The lowest BCUT2D eigenvalue weighted by molar-refractivity contribution is 0.929. The van der Waals surface area contributed by atoms with Crippen molar-refractivity contribution in [2.45, 2.75) is 25.4 Å². The number of halogens is 1. The molecule has 0 amide bonds. The molecule has 0 aliphatic heterocycles. The molecule has 112 valence electrons. The Morgan fingerprint density at radius 3 is 2.67 bits per heavy atom. The third kappa shape index (κ3) is 4.51. The van der Waals surface area contributed by atoms with E-state index in [2.05, 4.69) is 27.5 Å². The second-order valence-electron chi connectivity index (χ2n) is 4.66. The van der Waals surface area contributed by atoms with Crippen molar-refractivity contribution in [1.29, 1.82) is 0 Å². The molecule has 0 spiro atoms. The van der Waals surface area contributed by atoms with E-state index in [1.807, 2.05) is 37.4 Å². The number of aromatic nitrogens is 2. The molecule has 1 aromatic heterocycles. The highest BCUT2D eigenvalue weighted by atomic mass is 35.5. The summed E-state index contributed by atoms with van der Waals surface area (Å²) in [5.41, 5.74) is 1.99. The summed E-state index contributed by atoms with van der Waals surface area (Å²) in [4.78, 5) is 8.91. The fourth-order valence-corrected chi connectivity index (χ4v) is 2.34. The molecule has 2 rings (SSSR count). The summed E-state index contributed by atoms with van der Waals surface area (Å²) in [5, 5.41) is 7.95. The third-order valence-corrected chi connectivity index (χ3v) is 3.71. The second-order valence-corrected chi connectivity index (χ2v) is 5.84. The van der Waals surface area contributed by atoms with Crippen LogP contribution in [0.25, 0.3) is 0 Å². The quantitative estimate of drug-likeness (QED) is 0.595. The highest BCUT2D eigenvalue weighted by molar-refractivity contribution is 7.98. The molecular formula is C15H19ClN4S. The normalized spacial score (nSPS) is 10.5. The Hall–Kier alpha value is -1.46. The van der Waals surface area contributed by atoms with Gasteiger partial charge in [0.05, 0.1) is 10.7 Å². The molecule has 0 atom stereocenters. The summed E-state index contributed by atoms with van der Waals surface area (Å²) in [5.74, 6) is 1.56. The number of hydrogen-bond acceptors (Lipinski definition) is 5. The van der Waals surface area contributed by atoms with Crippen molar-refractivity contribution in [3.63, 3.8) is 0 Å². The van der Waals surface area contributed by atoms with E-state index in [4.69, 9.17) is 11.6 Å². The minimum Gasteiger partial charge on any atom is -0.370 e. The van der Waals surface area contributed by atoms with Crippen LogP contribution in [0, 0.1) is 6.92 Å². The Morgan fingerprint density at radius 2 is 1.95 bits per heavy atom. The van der Waals surface area contributed by atoms with Gasteiger partial charge in [-0.3, -0.25) is 0 Å². The molecular weight excluding hydrogens is 304 g/mol. The van der Waals surface area contributed by atoms with Gasteiger partial charge in [-0.1, -0.05) is 36.4 Å². The molecule has 21 heavy (non-hydrogen) atoms. The van der Waals surface area contributed by atoms with Gasteiger partial charge in [-0.15, -0.1) is 0 Å². The van der Waals surface area contributed by atoms with Gasteiger partial charge in [0.25, 0.3) is 0 Å². The van der Waals surface area contributed by atoms with Crippen LogP contribution in [0.15, 0.2) is 29.4 Å². The monoisotopic (exact) mass is 322 g/mol. The van der Waals surface area contributed by atoms with Crippen LogP contribution in [0.3, 0.4) is 0 Å². The standard InChI is InChI=1S/C15H19ClN4S/c1-4-7-17-13-9-14(20-15(19-13)21-3)18-12-8-10(2)5-6-11(12)16/h5-6,8-9H,4,7H2,1-3H3,(H2,17,18,19,20). The third-order valence-electron chi connectivity index (χ3n) is 2.83. The van der Waals surface area contributed by atoms with E-state index in [1.54, 1.807) is 0 Å². The lowest BCUT2D eigenvalue weighted by Crippen LogP contribution is -2.05. The number of nitrogens with zero attached hydrogens (tertiary/aromatic N) is 2. The predicted molar refractivity (Wildman–Crippen MR) is 92.1 cm³/mol. The summed E-state index contributed by atoms with van der Waals surface area (Å²) in [6, 6.07) is 7.76. The van der Waals surface area contributed by atoms with E-state index in [1.165, 1.54) is 11.8 Å². The number of thioether (sulfide) groups is 1. The Kier molecular flexibility index (Phi) is 5.70. The molecule has 4 nitrogen and oxygen atoms in total. The molecule has 0 bridgehead atoms. The van der Waals surface area contributed by atoms with E-state index < -0.39 is 0 Å². The van der Waals surface area contributed by atoms with Crippen LogP contribution in [-0.2, 0) is 0 Å². The molecule has 0 aliphatic rings. The summed E-state index contributed by atoms with van der Waals surface area (Å²) in [6.07, 6.45) is 3.01. The topological polar surface area (TPSA) is 49.8 Å². The zero-order chi connectivity index (χ0) is 15.2. The predicted octanol–water partition coefficient (Wildman–Crippen LogP) is 4.73. The van der Waals surface area contributed by atoms with Crippen LogP contribution in [0.1, 0.15) is 18.9 Å². The molecule has 1 aromatic carbocycles. The number of rotatable bonds is 6. The number of hydrogen-bond donors (Lipinski definition) is 2. The van der Waals surface area contributed by atoms with Crippen molar-refractivity contribution in [2.75, 3.05) is 23.4 Å². The fraction of sp³-hybridized carbons (Fsp3) is 0.333. The summed E-state index contributed by atoms with van der Waals surface area (Å²) >= 11 is 7.73. The van der Waals surface area contributed by atoms with Gasteiger partial charge in [-0.05, 0) is 37.3 Å². The van der Waals surface area contributed by atoms with E-state index in [9.17, 15) is 0 Å². The maximum Gasteiger partial charge on any atom is 0.191 e. The van der Waals surface area contributed by atoms with Crippen LogP contribution in [0.5, 0.6) is 0 Å². The van der Waals surface area contributed by atoms with Crippen LogP contribution in [0.2, 0.25) is 5.02 Å². The summed E-state index contributed by atoms with van der Waals surface area (Å²) in [7, 11) is 0. The van der Waals surface area contributed by atoms with Gasteiger partial charge in [0.1, 0.15) is 11.6 Å². The molecule has 2 aromatic rings. The molecule has 0 saturated heterocycles. The average molecular weight is 323 g/mol. The van der Waals surface area contributed by atoms with E-state index in [-0.39, 0.29) is 0 Å². The number of aryl methyl sites for hydroxylation is 1. The van der Waals surface area contributed by atoms with Gasteiger partial charge in [0, 0.05) is 12.6 Å². The molecule has 0 aliphatic carbocycles. The van der Waals surface area contributed by atoms with E-state index >= 15 is 0 Å². The van der Waals surface area contributed by atoms with Gasteiger partial charge in [-0.2, -0.15) is 0 Å². The van der Waals surface area contributed by atoms with Crippen molar-refractivity contribution < 1.29 is 0 Å². The van der Waals surface area contributed by atoms with Crippen molar-refractivity contribution in [3.8, 4) is 0 Å². The molecule has 0 fully saturated rings. The van der Waals surface area contributed by atoms with Crippen LogP contribution < -0.4 is 10.6 Å². The van der Waals surface area contributed by atoms with Gasteiger partial charge in [0.15, 0.2) is 5.16 Å². The Balaban J connectivity index is 2.27. The zero-order valence-corrected chi connectivity index (χ0v) is 14.0. The maximum absolute atomic E-state index is 6.22. The van der Waals surface area contributed by atoms with Crippen molar-refractivity contribution in [1.82, 2.24) is 9.97 Å². The van der Waals surface area contributed by atoms with Gasteiger partial charge < -0.3 is 10.6 Å². The number of nitrogens with one attached hydrogen (secondary N) is 2. The maximum atomic E-state index is 6.22. The SMILES string of the molecule is CCCNc1cc(Nc2cc(C)ccc2Cl)nc(SC)n1. The molecule has 0 saturated carbocycles. The Morgan fingerprint density at radius 1 is 1.19 bits per heavy atom. The second kappa shape index (κ2) is 7.52. The van der Waals surface area contributed by atoms with Gasteiger partial charge in [-0.25, -0.2) is 9.97 Å². The minimum atomic E-state index is 0.674. The lowest BCUT2D eigenvalue weighted by Gasteiger charge is -2.11. The Bertz CT molecular complexity index is 619. The molecule has 0 unspecified atom stereocenters. The first kappa shape index (κ1) is 15.9. The van der Waals surface area contributed by atoms with Crippen molar-refractivity contribution in [3.05, 3.63) is 34.9 Å². The fourth-order valence-electron chi connectivity index (χ4n) is 1.80. The van der Waals surface area contributed by atoms with Crippen LogP contribution in [-0.4, -0.2) is 22.8 Å². The van der Waals surface area contributed by atoms with Crippen molar-refractivity contribution >= 4 is 40.7 Å².